The van der Waals surface area contributed by atoms with Gasteiger partial charge in [-0.2, -0.15) is 0 Å². The first-order chi connectivity index (χ1) is 5.77. The minimum absolute atomic E-state index is 0.366. The van der Waals surface area contributed by atoms with E-state index in [4.69, 9.17) is 0 Å². The third-order valence-electron chi connectivity index (χ3n) is 1.84. The molecule has 73 valence electrons. The molecule has 0 bridgehead atoms. The minimum Gasteiger partial charge on any atom is -0.232 e. The molecule has 0 aliphatic heterocycles. The van der Waals surface area contributed by atoms with E-state index in [0.29, 0.717) is 5.75 Å². The van der Waals surface area contributed by atoms with Crippen LogP contribution in [-0.2, 0) is 10.7 Å². The van der Waals surface area contributed by atoms with E-state index in [1.54, 1.807) is 0 Å². The number of unbranched alkanes of at least 4 members (excludes halogenated alkanes) is 6. The van der Waals surface area contributed by atoms with E-state index in [0.717, 1.165) is 19.3 Å². The lowest BCUT2D eigenvalue weighted by molar-refractivity contribution is 0.594. The summed E-state index contributed by atoms with van der Waals surface area (Å²) in [6.07, 6.45) is 7.76. The number of hydrogen-bond acceptors (Lipinski definition) is 2. The summed E-state index contributed by atoms with van der Waals surface area (Å²) in [6, 6.07) is 0. The van der Waals surface area contributed by atoms with Gasteiger partial charge < -0.3 is 0 Å². The van der Waals surface area contributed by atoms with Gasteiger partial charge in [-0.15, -0.1) is 0 Å². The highest BCUT2D eigenvalue weighted by Gasteiger charge is 1.91. The summed E-state index contributed by atoms with van der Waals surface area (Å²) in [5.41, 5.74) is 0. The Balaban J connectivity index is 2.91. The van der Waals surface area contributed by atoms with Crippen LogP contribution in [0.3, 0.4) is 0 Å². The van der Waals surface area contributed by atoms with Crippen molar-refractivity contribution in [1.29, 1.82) is 0 Å². The van der Waals surface area contributed by atoms with Crippen LogP contribution >= 0.6 is 0 Å². The maximum atomic E-state index is 10.2. The molecule has 0 heterocycles. The van der Waals surface area contributed by atoms with Gasteiger partial charge in [-0.3, -0.25) is 0 Å². The molecule has 0 aromatic carbocycles. The maximum absolute atomic E-state index is 10.2. The number of thiol groups is 1. The highest BCUT2D eigenvalue weighted by atomic mass is 32.2. The molecule has 0 atom stereocenters. The maximum Gasteiger partial charge on any atom is 0.140 e. The van der Waals surface area contributed by atoms with Crippen molar-refractivity contribution < 1.29 is 8.42 Å². The summed E-state index contributed by atoms with van der Waals surface area (Å²) >= 11 is 0. The van der Waals surface area contributed by atoms with Crippen LogP contribution in [-0.4, -0.2) is 14.2 Å². The summed E-state index contributed by atoms with van der Waals surface area (Å²) in [4.78, 5) is 0. The molecule has 0 fully saturated rings. The molecule has 0 aromatic heterocycles. The van der Waals surface area contributed by atoms with Crippen molar-refractivity contribution in [2.75, 3.05) is 5.75 Å². The Morgan fingerprint density at radius 3 is 1.83 bits per heavy atom. The first-order valence-electron chi connectivity index (χ1n) is 4.68. The highest BCUT2D eigenvalue weighted by Crippen LogP contribution is 2.06. The monoisotopic (exact) mass is 191 g/mol. The van der Waals surface area contributed by atoms with Crippen molar-refractivity contribution in [2.24, 2.45) is 0 Å². The molecule has 0 spiro atoms. The van der Waals surface area contributed by atoms with Gasteiger partial charge in [0.15, 0.2) is 0 Å². The van der Waals surface area contributed by atoms with Gasteiger partial charge >= 0.3 is 0 Å². The lowest BCUT2D eigenvalue weighted by atomic mass is 10.1. The Bertz CT molecular complexity index is 145. The fraction of sp³-hybridized carbons (Fsp3) is 0.889. The van der Waals surface area contributed by atoms with Gasteiger partial charge in [-0.25, -0.2) is 8.42 Å². The second kappa shape index (κ2) is 9.04. The Labute approximate surface area is 77.3 Å². The quantitative estimate of drug-likeness (QED) is 0.471. The van der Waals surface area contributed by atoms with E-state index in [2.05, 4.69) is 6.92 Å². The van der Waals surface area contributed by atoms with Crippen LogP contribution in [0.1, 0.15) is 44.9 Å². The topological polar surface area (TPSA) is 34.1 Å². The van der Waals surface area contributed by atoms with Gasteiger partial charge in [0.25, 0.3) is 0 Å². The fourth-order valence-electron chi connectivity index (χ4n) is 1.12. The van der Waals surface area contributed by atoms with Crippen LogP contribution in [0.5, 0.6) is 0 Å². The normalized spacial score (nSPS) is 10.8. The van der Waals surface area contributed by atoms with Crippen molar-refractivity contribution >= 4 is 10.7 Å². The number of hydrogen-bond donors (Lipinski definition) is 1. The van der Waals surface area contributed by atoms with E-state index < -0.39 is 10.7 Å². The molecule has 0 N–H and O–H groups in total. The van der Waals surface area contributed by atoms with Crippen LogP contribution in [0, 0.1) is 6.92 Å². The molecule has 0 rings (SSSR count). The van der Waals surface area contributed by atoms with Crippen LogP contribution in [0.25, 0.3) is 0 Å². The third kappa shape index (κ3) is 9.95. The Kier molecular flexibility index (Phi) is 9.00. The van der Waals surface area contributed by atoms with Gasteiger partial charge in [-0.1, -0.05) is 45.4 Å². The predicted molar refractivity (Wildman–Crippen MR) is 52.9 cm³/mol. The van der Waals surface area contributed by atoms with Gasteiger partial charge in [-0.05, 0) is 6.42 Å². The third-order valence-corrected chi connectivity index (χ3v) is 2.52. The van der Waals surface area contributed by atoms with Crippen molar-refractivity contribution in [3.05, 3.63) is 6.92 Å². The fourth-order valence-corrected chi connectivity index (χ4v) is 1.61. The van der Waals surface area contributed by atoms with Gasteiger partial charge in [0.2, 0.25) is 0 Å². The second-order valence-corrected chi connectivity index (χ2v) is 4.14. The molecule has 0 aliphatic rings. The van der Waals surface area contributed by atoms with Crippen LogP contribution < -0.4 is 0 Å². The predicted octanol–water partition coefficient (Wildman–Crippen LogP) is 2.16. The lowest BCUT2D eigenvalue weighted by Crippen LogP contribution is -1.87. The summed E-state index contributed by atoms with van der Waals surface area (Å²) in [5, 5.41) is 0. The zero-order valence-electron chi connectivity index (χ0n) is 7.63. The molecule has 1 radical (unpaired) electrons. The zero-order valence-corrected chi connectivity index (χ0v) is 8.52. The average molecular weight is 191 g/mol. The summed E-state index contributed by atoms with van der Waals surface area (Å²) in [6.45, 7) is 3.76. The molecule has 12 heavy (non-hydrogen) atoms. The molecule has 0 unspecified atom stereocenters. The van der Waals surface area contributed by atoms with Gasteiger partial charge in [0.1, 0.15) is 10.7 Å². The largest absolute Gasteiger partial charge is 0.232 e. The molecule has 0 aliphatic carbocycles. The van der Waals surface area contributed by atoms with Crippen molar-refractivity contribution in [3.8, 4) is 0 Å². The lowest BCUT2D eigenvalue weighted by Gasteiger charge is -1.97. The van der Waals surface area contributed by atoms with Crippen molar-refractivity contribution in [1.82, 2.24) is 0 Å². The first-order valence-corrected chi connectivity index (χ1v) is 6.04. The van der Waals surface area contributed by atoms with E-state index in [1.807, 2.05) is 0 Å². The Hall–Kier alpha value is -0.0500. The molecule has 0 saturated heterocycles. The number of rotatable bonds is 8. The Morgan fingerprint density at radius 1 is 0.833 bits per heavy atom. The molecule has 0 saturated carbocycles. The minimum atomic E-state index is -2.14. The van der Waals surface area contributed by atoms with Crippen molar-refractivity contribution in [2.45, 2.75) is 44.9 Å². The smallest absolute Gasteiger partial charge is 0.140 e. The molecular formula is C9H19O2S. The van der Waals surface area contributed by atoms with Crippen LogP contribution in [0.4, 0.5) is 0 Å². The first kappa shape index (κ1) is 11.9. The zero-order chi connectivity index (χ0) is 9.23. The van der Waals surface area contributed by atoms with Gasteiger partial charge in [0.05, 0.1) is 0 Å². The average Bonchev–Trinajstić information content (AvgIpc) is 2.02. The molecule has 3 heteroatoms. The molecule has 0 amide bonds. The van der Waals surface area contributed by atoms with Gasteiger partial charge in [0, 0.05) is 5.75 Å². The van der Waals surface area contributed by atoms with E-state index in [9.17, 15) is 8.42 Å². The summed E-state index contributed by atoms with van der Waals surface area (Å²) < 4.78 is 20.3. The SMILES string of the molecule is [CH2]CCCCCCCC[SH](=O)=O. The second-order valence-electron chi connectivity index (χ2n) is 3.03. The summed E-state index contributed by atoms with van der Waals surface area (Å²) in [7, 11) is -2.14. The molecule has 0 aromatic rings. The highest BCUT2D eigenvalue weighted by molar-refractivity contribution is 7.72. The van der Waals surface area contributed by atoms with E-state index >= 15 is 0 Å². The standard InChI is InChI=1S/C9H19O2S/c1-2-3-4-5-6-7-8-9-12(10)11/h12H,1-9H2. The van der Waals surface area contributed by atoms with Crippen LogP contribution in [0.15, 0.2) is 0 Å². The Morgan fingerprint density at radius 2 is 1.33 bits per heavy atom. The van der Waals surface area contributed by atoms with E-state index in [-0.39, 0.29) is 0 Å². The summed E-state index contributed by atoms with van der Waals surface area (Å²) in [5.74, 6) is 0.366. The molecular weight excluding hydrogens is 172 g/mol. The van der Waals surface area contributed by atoms with E-state index in [1.165, 1.54) is 25.7 Å². The molecule has 2 nitrogen and oxygen atoms in total. The van der Waals surface area contributed by atoms with Crippen molar-refractivity contribution in [3.63, 3.8) is 0 Å². The van der Waals surface area contributed by atoms with Crippen LogP contribution in [0.2, 0.25) is 0 Å².